The van der Waals surface area contributed by atoms with Gasteiger partial charge in [0.25, 0.3) is 0 Å². The van der Waals surface area contributed by atoms with Crippen molar-refractivity contribution in [2.75, 3.05) is 0 Å². The van der Waals surface area contributed by atoms with Crippen molar-refractivity contribution in [3.05, 3.63) is 49.1 Å². The second-order valence-corrected chi connectivity index (χ2v) is 20.3. The van der Waals surface area contributed by atoms with E-state index in [4.69, 9.17) is 24.1 Å². The van der Waals surface area contributed by atoms with E-state index < -0.39 is 34.7 Å². The minimum Gasteiger partial charge on any atom is -0.478 e. The van der Waals surface area contributed by atoms with Crippen LogP contribution in [0.15, 0.2) is 49.1 Å². The molecule has 12 nitrogen and oxygen atoms in total. The Balaban J connectivity index is 0.000000138. The molecule has 3 N–H and O–H groups in total. The molecule has 7 atom stereocenters. The molecule has 10 saturated carbocycles. The molecule has 11 aliphatic rings. The van der Waals surface area contributed by atoms with Crippen LogP contribution in [0.4, 0.5) is 0 Å². The van der Waals surface area contributed by atoms with Crippen LogP contribution in [0, 0.1) is 46.8 Å². The van der Waals surface area contributed by atoms with Gasteiger partial charge in [-0.25, -0.2) is 19.2 Å². The third-order valence-corrected chi connectivity index (χ3v) is 14.8. The number of aliphatic carboxylic acids is 1. The number of carbonyl (C=O) groups is 5. The van der Waals surface area contributed by atoms with E-state index in [9.17, 15) is 34.2 Å². The minimum atomic E-state index is -0.935. The van der Waals surface area contributed by atoms with E-state index in [1.54, 1.807) is 13.8 Å². The number of ether oxygens (including phenoxy) is 4. The van der Waals surface area contributed by atoms with Crippen molar-refractivity contribution in [2.45, 2.75) is 159 Å². The predicted molar refractivity (Wildman–Crippen MR) is 212 cm³/mol. The molecule has 10 aliphatic carbocycles. The number of carboxylic acid groups (broad SMARTS) is 1. The smallest absolute Gasteiger partial charge is 0.333 e. The summed E-state index contributed by atoms with van der Waals surface area (Å²) in [5.41, 5.74) is -1.46. The topological polar surface area (TPSA) is 183 Å². The minimum absolute atomic E-state index is 0.0682. The second-order valence-electron chi connectivity index (χ2n) is 20.3. The van der Waals surface area contributed by atoms with Gasteiger partial charge in [0.05, 0.1) is 17.1 Å². The summed E-state index contributed by atoms with van der Waals surface area (Å²) in [6.07, 6.45) is 14.1. The lowest BCUT2D eigenvalue weighted by atomic mass is 9.46. The molecule has 10 bridgehead atoms. The molecule has 0 aromatic rings. The molecule has 11 fully saturated rings. The van der Waals surface area contributed by atoms with Crippen LogP contribution < -0.4 is 0 Å². The SMILES string of the molecule is C=C(C)C(=O)O.C=C(C)C(=O)OC(C)(C)C12CC3CC(CC(C3)C1)C2.C=C(C)C(=O)OC12CC3CC(O)(CC(O)(C3)C1)C2.C=CC(=O)OC1C2CC3C(=O)OC1C3C2. The van der Waals surface area contributed by atoms with Crippen molar-refractivity contribution in [1.29, 1.82) is 0 Å². The molecular weight excluding hydrogens is 744 g/mol. The van der Waals surface area contributed by atoms with Gasteiger partial charge in [-0.3, -0.25) is 4.79 Å². The molecule has 1 saturated heterocycles. The lowest BCUT2D eigenvalue weighted by Gasteiger charge is -2.62. The number of hydrogen-bond donors (Lipinski definition) is 3. The Labute approximate surface area is 342 Å². The highest BCUT2D eigenvalue weighted by Gasteiger charge is 2.65. The first-order valence-electron chi connectivity index (χ1n) is 21.0. The molecule has 320 valence electrons. The maximum Gasteiger partial charge on any atom is 0.333 e. The van der Waals surface area contributed by atoms with E-state index in [-0.39, 0.29) is 58.5 Å². The highest BCUT2D eigenvalue weighted by molar-refractivity contribution is 5.88. The van der Waals surface area contributed by atoms with Gasteiger partial charge in [0.15, 0.2) is 0 Å². The molecule has 11 rings (SSSR count). The number of aliphatic hydroxyl groups is 2. The fourth-order valence-corrected chi connectivity index (χ4v) is 13.2. The molecule has 1 aliphatic heterocycles. The lowest BCUT2D eigenvalue weighted by molar-refractivity contribution is -0.260. The maximum atomic E-state index is 11.9. The van der Waals surface area contributed by atoms with Crippen LogP contribution in [-0.4, -0.2) is 79.8 Å². The summed E-state index contributed by atoms with van der Waals surface area (Å²) < 4.78 is 21.9. The Morgan fingerprint density at radius 3 is 1.72 bits per heavy atom. The van der Waals surface area contributed by atoms with Gasteiger partial charge in [0.2, 0.25) is 0 Å². The van der Waals surface area contributed by atoms with Gasteiger partial charge in [-0.2, -0.15) is 0 Å². The van der Waals surface area contributed by atoms with Crippen molar-refractivity contribution >= 4 is 29.8 Å². The van der Waals surface area contributed by atoms with E-state index in [1.165, 1.54) is 45.4 Å². The summed E-state index contributed by atoms with van der Waals surface area (Å²) in [5.74, 6) is 1.46. The van der Waals surface area contributed by atoms with Crippen LogP contribution in [-0.2, 0) is 42.9 Å². The lowest BCUT2D eigenvalue weighted by Crippen LogP contribution is -2.66. The number of hydrogen-bond acceptors (Lipinski definition) is 11. The van der Waals surface area contributed by atoms with Gasteiger partial charge < -0.3 is 34.3 Å². The first-order chi connectivity index (χ1) is 26.9. The zero-order valence-corrected chi connectivity index (χ0v) is 35.0. The first kappa shape index (κ1) is 43.8. The Morgan fingerprint density at radius 2 is 1.28 bits per heavy atom. The molecule has 0 aromatic carbocycles. The third-order valence-electron chi connectivity index (χ3n) is 14.8. The molecule has 0 radical (unpaired) electrons. The maximum absolute atomic E-state index is 11.9. The number of carbonyl (C=O) groups excluding carboxylic acids is 4. The molecule has 1 heterocycles. The van der Waals surface area contributed by atoms with E-state index in [0.717, 1.165) is 55.9 Å². The van der Waals surface area contributed by atoms with Crippen molar-refractivity contribution in [2.24, 2.45) is 46.8 Å². The van der Waals surface area contributed by atoms with E-state index in [1.807, 2.05) is 0 Å². The molecule has 58 heavy (non-hydrogen) atoms. The van der Waals surface area contributed by atoms with E-state index >= 15 is 0 Å². The van der Waals surface area contributed by atoms with Gasteiger partial charge in [-0.1, -0.05) is 26.3 Å². The molecule has 0 spiro atoms. The number of esters is 4. The zero-order valence-electron chi connectivity index (χ0n) is 35.0. The van der Waals surface area contributed by atoms with Crippen LogP contribution in [0.5, 0.6) is 0 Å². The summed E-state index contributed by atoms with van der Waals surface area (Å²) in [6.45, 7) is 22.9. The highest BCUT2D eigenvalue weighted by Crippen LogP contribution is 2.65. The standard InChI is InChI=1S/C17H26O2.C14H20O4.C11H12O4.C4H6O2/c1-11(2)15(18)19-16(3,4)17-8-12-5-13(9-17)7-14(6-12)10-17;1-9(2)11(15)18-14-5-10-3-12(16,7-14)6-13(17,4-10)8-14;1-2-8(12)14-9-5-3-6-7(4-5)11(13)15-10(6)9;1-3(2)4(5)6/h12-14H,1,5-10H2,2-4H3;10,16-17H,1,3-8H2,2H3;2,5-7,9-10H,1,3-4H2;1H2,2H3,(H,5,6). The van der Waals surface area contributed by atoms with E-state index in [2.05, 4.69) is 40.2 Å². The van der Waals surface area contributed by atoms with E-state index in [0.29, 0.717) is 36.3 Å². The Hall–Kier alpha value is -3.77. The van der Waals surface area contributed by atoms with Gasteiger partial charge in [-0.15, -0.1) is 0 Å². The average molecular weight is 809 g/mol. The molecular formula is C46H64O12. The molecule has 0 aromatic heterocycles. The monoisotopic (exact) mass is 808 g/mol. The van der Waals surface area contributed by atoms with Crippen molar-refractivity contribution in [3.63, 3.8) is 0 Å². The summed E-state index contributed by atoms with van der Waals surface area (Å²) in [4.78, 5) is 55.8. The zero-order chi connectivity index (χ0) is 42.7. The quantitative estimate of drug-likeness (QED) is 0.134. The number of fused-ring (bicyclic) bond motifs is 1. The first-order valence-corrected chi connectivity index (χ1v) is 21.0. The Kier molecular flexibility index (Phi) is 11.8. The largest absolute Gasteiger partial charge is 0.478 e. The van der Waals surface area contributed by atoms with Gasteiger partial charge in [-0.05, 0) is 129 Å². The normalized spacial score (nSPS) is 40.9. The highest BCUT2D eigenvalue weighted by atomic mass is 16.6. The molecule has 7 unspecified atom stereocenters. The third kappa shape index (κ3) is 8.74. The Morgan fingerprint density at radius 1 is 0.759 bits per heavy atom. The van der Waals surface area contributed by atoms with Crippen LogP contribution in [0.1, 0.15) is 125 Å². The van der Waals surface area contributed by atoms with Crippen molar-refractivity contribution < 1.29 is 58.2 Å². The fraction of sp³-hybridized carbons (Fsp3) is 0.717. The summed E-state index contributed by atoms with van der Waals surface area (Å²) in [6, 6.07) is 0. The van der Waals surface area contributed by atoms with Gasteiger partial charge in [0.1, 0.15) is 23.4 Å². The number of rotatable bonds is 8. The van der Waals surface area contributed by atoms with Crippen LogP contribution in [0.3, 0.4) is 0 Å². The van der Waals surface area contributed by atoms with Crippen LogP contribution >= 0.6 is 0 Å². The second kappa shape index (κ2) is 15.7. The summed E-state index contributed by atoms with van der Waals surface area (Å²) >= 11 is 0. The average Bonchev–Trinajstić information content (AvgIpc) is 3.72. The van der Waals surface area contributed by atoms with Gasteiger partial charge >= 0.3 is 29.8 Å². The van der Waals surface area contributed by atoms with Crippen molar-refractivity contribution in [3.8, 4) is 0 Å². The summed E-state index contributed by atoms with van der Waals surface area (Å²) in [7, 11) is 0. The fourth-order valence-electron chi connectivity index (χ4n) is 13.2. The van der Waals surface area contributed by atoms with Crippen molar-refractivity contribution in [1.82, 2.24) is 0 Å². The predicted octanol–water partition coefficient (Wildman–Crippen LogP) is 6.72. The van der Waals surface area contributed by atoms with Gasteiger partial charge in [0, 0.05) is 59.3 Å². The number of carboxylic acids is 1. The Bertz CT molecular complexity index is 1690. The molecule has 12 heteroatoms. The summed E-state index contributed by atoms with van der Waals surface area (Å²) in [5, 5.41) is 28.9. The van der Waals surface area contributed by atoms with Crippen LogP contribution in [0.2, 0.25) is 0 Å². The van der Waals surface area contributed by atoms with Crippen LogP contribution in [0.25, 0.3) is 0 Å². The molecule has 0 amide bonds.